The SMILES string of the molecule is CCN(CC)C(=O)N1CCN(CC(=O)Nc2ccccc2OC(F)F)CC1. The zero-order chi connectivity index (χ0) is 19.8. The minimum Gasteiger partial charge on any atom is -0.433 e. The van der Waals surface area contributed by atoms with E-state index < -0.39 is 6.61 Å². The fraction of sp³-hybridized carbons (Fsp3) is 0.556. The minimum atomic E-state index is -2.96. The molecule has 0 aliphatic carbocycles. The van der Waals surface area contributed by atoms with Crippen LogP contribution in [0.5, 0.6) is 5.75 Å². The number of ether oxygens (including phenoxy) is 1. The van der Waals surface area contributed by atoms with Gasteiger partial charge in [0.15, 0.2) is 0 Å². The molecule has 1 heterocycles. The standard InChI is InChI=1S/C18H26F2N4O3/c1-3-23(4-2)18(26)24-11-9-22(10-12-24)13-16(25)21-14-7-5-6-8-15(14)27-17(19)20/h5-8,17H,3-4,9-13H2,1-2H3,(H,21,25). The van der Waals surface area contributed by atoms with Crippen LogP contribution in [0.25, 0.3) is 0 Å². The molecule has 1 fully saturated rings. The molecule has 27 heavy (non-hydrogen) atoms. The maximum absolute atomic E-state index is 12.4. The molecule has 0 unspecified atom stereocenters. The van der Waals surface area contributed by atoms with Crippen LogP contribution >= 0.6 is 0 Å². The van der Waals surface area contributed by atoms with Crippen molar-refractivity contribution in [2.75, 3.05) is 51.1 Å². The van der Waals surface area contributed by atoms with Gasteiger partial charge in [0, 0.05) is 39.3 Å². The molecule has 1 aliphatic heterocycles. The molecule has 0 aromatic heterocycles. The molecular weight excluding hydrogens is 358 g/mol. The lowest BCUT2D eigenvalue weighted by atomic mass is 10.2. The van der Waals surface area contributed by atoms with Crippen molar-refractivity contribution in [3.05, 3.63) is 24.3 Å². The Bertz CT molecular complexity index is 633. The monoisotopic (exact) mass is 384 g/mol. The number of benzene rings is 1. The third-order valence-electron chi connectivity index (χ3n) is 4.42. The van der Waals surface area contributed by atoms with Gasteiger partial charge in [-0.1, -0.05) is 12.1 Å². The molecule has 3 amide bonds. The second-order valence-corrected chi connectivity index (χ2v) is 6.14. The van der Waals surface area contributed by atoms with E-state index in [1.807, 2.05) is 18.7 Å². The Morgan fingerprint density at radius 3 is 2.37 bits per heavy atom. The highest BCUT2D eigenvalue weighted by Crippen LogP contribution is 2.25. The lowest BCUT2D eigenvalue weighted by Gasteiger charge is -2.36. The number of anilines is 1. The number of rotatable bonds is 7. The number of halogens is 2. The van der Waals surface area contributed by atoms with E-state index in [1.54, 1.807) is 21.9 Å². The zero-order valence-electron chi connectivity index (χ0n) is 15.7. The molecular formula is C18H26F2N4O3. The topological polar surface area (TPSA) is 65.1 Å². The summed E-state index contributed by atoms with van der Waals surface area (Å²) in [4.78, 5) is 30.1. The van der Waals surface area contributed by atoms with Gasteiger partial charge in [-0.05, 0) is 26.0 Å². The van der Waals surface area contributed by atoms with E-state index in [1.165, 1.54) is 12.1 Å². The summed E-state index contributed by atoms with van der Waals surface area (Å²) in [6, 6.07) is 6.09. The van der Waals surface area contributed by atoms with Gasteiger partial charge in [-0.2, -0.15) is 8.78 Å². The van der Waals surface area contributed by atoms with Crippen LogP contribution in [0.1, 0.15) is 13.8 Å². The number of piperazine rings is 1. The van der Waals surface area contributed by atoms with Crippen LogP contribution in [0.15, 0.2) is 24.3 Å². The molecule has 9 heteroatoms. The van der Waals surface area contributed by atoms with Crippen LogP contribution < -0.4 is 10.1 Å². The predicted octanol–water partition coefficient (Wildman–Crippen LogP) is 2.31. The number of urea groups is 1. The lowest BCUT2D eigenvalue weighted by molar-refractivity contribution is -0.117. The molecule has 0 atom stereocenters. The van der Waals surface area contributed by atoms with Gasteiger partial charge in [0.1, 0.15) is 5.75 Å². The highest BCUT2D eigenvalue weighted by atomic mass is 19.3. The van der Waals surface area contributed by atoms with Gasteiger partial charge in [-0.25, -0.2) is 4.79 Å². The normalized spacial score (nSPS) is 14.9. The summed E-state index contributed by atoms with van der Waals surface area (Å²) in [7, 11) is 0. The fourth-order valence-electron chi connectivity index (χ4n) is 2.95. The Hall–Kier alpha value is -2.42. The molecule has 150 valence electrons. The van der Waals surface area contributed by atoms with Gasteiger partial charge < -0.3 is 19.9 Å². The molecule has 0 spiro atoms. The Balaban J connectivity index is 1.84. The van der Waals surface area contributed by atoms with Gasteiger partial charge >= 0.3 is 12.6 Å². The van der Waals surface area contributed by atoms with Crippen molar-refractivity contribution in [3.8, 4) is 5.75 Å². The van der Waals surface area contributed by atoms with Crippen molar-refractivity contribution < 1.29 is 23.1 Å². The van der Waals surface area contributed by atoms with Crippen molar-refractivity contribution in [1.29, 1.82) is 0 Å². The number of amides is 3. The highest BCUT2D eigenvalue weighted by molar-refractivity contribution is 5.93. The molecule has 1 N–H and O–H groups in total. The minimum absolute atomic E-state index is 0.0159. The molecule has 1 aromatic carbocycles. The number of carbonyl (C=O) groups is 2. The number of nitrogens with one attached hydrogen (secondary N) is 1. The van der Waals surface area contributed by atoms with E-state index in [2.05, 4.69) is 10.1 Å². The molecule has 2 rings (SSSR count). The molecule has 1 aromatic rings. The van der Waals surface area contributed by atoms with Crippen LogP contribution in [-0.2, 0) is 4.79 Å². The van der Waals surface area contributed by atoms with E-state index >= 15 is 0 Å². The number of hydrogen-bond donors (Lipinski definition) is 1. The van der Waals surface area contributed by atoms with E-state index in [0.717, 1.165) is 0 Å². The van der Waals surface area contributed by atoms with Gasteiger partial charge in [-0.3, -0.25) is 9.69 Å². The third kappa shape index (κ3) is 6.06. The molecule has 1 saturated heterocycles. The number of hydrogen-bond acceptors (Lipinski definition) is 4. The van der Waals surface area contributed by atoms with E-state index in [-0.39, 0.29) is 29.9 Å². The summed E-state index contributed by atoms with van der Waals surface area (Å²) in [6.45, 7) is 4.63. The van der Waals surface area contributed by atoms with E-state index in [4.69, 9.17) is 0 Å². The Morgan fingerprint density at radius 1 is 1.15 bits per heavy atom. The van der Waals surface area contributed by atoms with Crippen LogP contribution in [0.2, 0.25) is 0 Å². The first-order chi connectivity index (χ1) is 12.9. The second kappa shape index (κ2) is 10.1. The van der Waals surface area contributed by atoms with Gasteiger partial charge in [0.25, 0.3) is 0 Å². The summed E-state index contributed by atoms with van der Waals surface area (Å²) >= 11 is 0. The molecule has 0 radical (unpaired) electrons. The predicted molar refractivity (Wildman–Crippen MR) is 98.0 cm³/mol. The average molecular weight is 384 g/mol. The number of alkyl halides is 2. The first-order valence-corrected chi connectivity index (χ1v) is 9.04. The summed E-state index contributed by atoms with van der Waals surface area (Å²) < 4.78 is 29.3. The van der Waals surface area contributed by atoms with Gasteiger partial charge in [-0.15, -0.1) is 0 Å². The van der Waals surface area contributed by atoms with Crippen molar-refractivity contribution in [3.63, 3.8) is 0 Å². The summed E-state index contributed by atoms with van der Waals surface area (Å²) in [5.74, 6) is -0.390. The molecule has 1 aliphatic rings. The quantitative estimate of drug-likeness (QED) is 0.784. The van der Waals surface area contributed by atoms with Crippen molar-refractivity contribution in [2.24, 2.45) is 0 Å². The summed E-state index contributed by atoms with van der Waals surface area (Å²) in [6.07, 6.45) is 0. The molecule has 0 saturated carbocycles. The first kappa shape index (κ1) is 20.9. The average Bonchev–Trinajstić information content (AvgIpc) is 2.64. The van der Waals surface area contributed by atoms with Gasteiger partial charge in [0.2, 0.25) is 5.91 Å². The smallest absolute Gasteiger partial charge is 0.387 e. The second-order valence-electron chi connectivity index (χ2n) is 6.14. The van der Waals surface area contributed by atoms with Gasteiger partial charge in [0.05, 0.1) is 12.2 Å². The summed E-state index contributed by atoms with van der Waals surface area (Å²) in [5, 5.41) is 2.61. The van der Waals surface area contributed by atoms with Crippen LogP contribution in [-0.4, -0.2) is 79.1 Å². The summed E-state index contributed by atoms with van der Waals surface area (Å²) in [5.41, 5.74) is 0.207. The zero-order valence-corrected chi connectivity index (χ0v) is 15.7. The highest BCUT2D eigenvalue weighted by Gasteiger charge is 2.25. The lowest BCUT2D eigenvalue weighted by Crippen LogP contribution is -2.53. The Labute approximate surface area is 157 Å². The van der Waals surface area contributed by atoms with Crippen LogP contribution in [0.4, 0.5) is 19.3 Å². The number of carbonyl (C=O) groups excluding carboxylic acids is 2. The van der Waals surface area contributed by atoms with Crippen LogP contribution in [0.3, 0.4) is 0 Å². The number of para-hydroxylation sites is 2. The van der Waals surface area contributed by atoms with Crippen molar-refractivity contribution in [2.45, 2.75) is 20.5 Å². The molecule has 0 bridgehead atoms. The largest absolute Gasteiger partial charge is 0.433 e. The maximum atomic E-state index is 12.4. The Morgan fingerprint density at radius 2 is 1.78 bits per heavy atom. The maximum Gasteiger partial charge on any atom is 0.387 e. The van der Waals surface area contributed by atoms with Crippen molar-refractivity contribution in [1.82, 2.24) is 14.7 Å². The Kier molecular flexibility index (Phi) is 7.78. The first-order valence-electron chi connectivity index (χ1n) is 9.04. The van der Waals surface area contributed by atoms with E-state index in [9.17, 15) is 18.4 Å². The van der Waals surface area contributed by atoms with Crippen LogP contribution in [0, 0.1) is 0 Å². The van der Waals surface area contributed by atoms with E-state index in [0.29, 0.717) is 39.3 Å². The molecule has 7 nitrogen and oxygen atoms in total. The number of nitrogens with zero attached hydrogens (tertiary/aromatic N) is 3. The fourth-order valence-corrected chi connectivity index (χ4v) is 2.95. The third-order valence-corrected chi connectivity index (χ3v) is 4.42. The van der Waals surface area contributed by atoms with Crippen molar-refractivity contribution >= 4 is 17.6 Å².